The Morgan fingerprint density at radius 2 is 1.95 bits per heavy atom. The largest absolute Gasteiger partial charge is 0.331 e. The Labute approximate surface area is 132 Å². The van der Waals surface area contributed by atoms with Crippen LogP contribution in [-0.2, 0) is 10.3 Å². The Hall–Kier alpha value is -2.47. The number of hydrogen-bond acceptors (Lipinski definition) is 4. The van der Waals surface area contributed by atoms with Crippen LogP contribution in [0.5, 0.6) is 0 Å². The molecule has 1 aromatic carbocycles. The Morgan fingerprint density at radius 1 is 1.23 bits per heavy atom. The van der Waals surface area contributed by atoms with Crippen molar-refractivity contribution in [2.24, 2.45) is 0 Å². The maximum absolute atomic E-state index is 12.9. The van der Waals surface area contributed by atoms with Crippen molar-refractivity contribution in [3.8, 4) is 0 Å². The molecule has 6 nitrogen and oxygen atoms in total. The molecule has 0 spiro atoms. The molecular weight excluding hydrogens is 304 g/mol. The molecule has 2 aromatic rings. The fraction of sp³-hybridized carbons (Fsp3) is 0.200. The first-order chi connectivity index (χ1) is 10.6. The lowest BCUT2D eigenvalue weighted by atomic mass is 9.87. The fourth-order valence-corrected chi connectivity index (χ4v) is 2.70. The van der Waals surface area contributed by atoms with E-state index in [1.807, 2.05) is 6.92 Å². The SMILES string of the molecule is CC[C@@]1(c2ccc(Cl)cc2)NC(=O)N(c2cccnn2)C1=O. The average molecular weight is 317 g/mol. The molecule has 7 heteroatoms. The van der Waals surface area contributed by atoms with Gasteiger partial charge in [0.15, 0.2) is 5.82 Å². The van der Waals surface area contributed by atoms with Crippen molar-refractivity contribution < 1.29 is 9.59 Å². The van der Waals surface area contributed by atoms with E-state index in [4.69, 9.17) is 11.6 Å². The summed E-state index contributed by atoms with van der Waals surface area (Å²) in [4.78, 5) is 26.2. The predicted molar refractivity (Wildman–Crippen MR) is 81.5 cm³/mol. The highest BCUT2D eigenvalue weighted by molar-refractivity contribution is 6.30. The summed E-state index contributed by atoms with van der Waals surface area (Å²) in [6.45, 7) is 1.84. The van der Waals surface area contributed by atoms with Crippen LogP contribution in [0, 0.1) is 0 Å². The van der Waals surface area contributed by atoms with Crippen LogP contribution >= 0.6 is 11.6 Å². The van der Waals surface area contributed by atoms with Crippen LogP contribution < -0.4 is 10.2 Å². The lowest BCUT2D eigenvalue weighted by Crippen LogP contribution is -2.43. The number of halogens is 1. The third-order valence-corrected chi connectivity index (χ3v) is 4.00. The monoisotopic (exact) mass is 316 g/mol. The van der Waals surface area contributed by atoms with Gasteiger partial charge in [0.2, 0.25) is 0 Å². The molecule has 0 aliphatic carbocycles. The van der Waals surface area contributed by atoms with E-state index in [9.17, 15) is 9.59 Å². The number of nitrogens with zero attached hydrogens (tertiary/aromatic N) is 3. The van der Waals surface area contributed by atoms with Crippen LogP contribution in [0.1, 0.15) is 18.9 Å². The van der Waals surface area contributed by atoms with Crippen molar-refractivity contribution in [2.45, 2.75) is 18.9 Å². The Bertz CT molecular complexity index is 720. The quantitative estimate of drug-likeness (QED) is 0.883. The first-order valence-electron chi connectivity index (χ1n) is 6.79. The summed E-state index contributed by atoms with van der Waals surface area (Å²) in [6, 6.07) is 9.54. The maximum atomic E-state index is 12.9. The lowest BCUT2D eigenvalue weighted by Gasteiger charge is -2.25. The number of amides is 3. The standard InChI is InChI=1S/C15H13ClN4O2/c1-2-15(10-5-7-11(16)8-6-10)13(21)20(14(22)18-15)12-4-3-9-17-19-12/h3-9H,2H2,1H3,(H,18,22)/t15-/m0/s1. The lowest BCUT2D eigenvalue weighted by molar-refractivity contribution is -0.122. The van der Waals surface area contributed by atoms with Gasteiger partial charge in [-0.25, -0.2) is 9.69 Å². The topological polar surface area (TPSA) is 75.2 Å². The number of benzene rings is 1. The van der Waals surface area contributed by atoms with E-state index in [0.29, 0.717) is 17.0 Å². The first kappa shape index (κ1) is 14.5. The normalized spacial score (nSPS) is 21.1. The minimum atomic E-state index is -1.11. The van der Waals surface area contributed by atoms with Gasteiger partial charge in [-0.1, -0.05) is 30.7 Å². The minimum absolute atomic E-state index is 0.203. The average Bonchev–Trinajstić information content (AvgIpc) is 2.80. The van der Waals surface area contributed by atoms with Gasteiger partial charge in [-0.15, -0.1) is 5.10 Å². The van der Waals surface area contributed by atoms with Crippen molar-refractivity contribution in [3.05, 3.63) is 53.2 Å². The number of urea groups is 1. The van der Waals surface area contributed by atoms with E-state index < -0.39 is 11.6 Å². The van der Waals surface area contributed by atoms with Gasteiger partial charge in [0.25, 0.3) is 5.91 Å². The van der Waals surface area contributed by atoms with Gasteiger partial charge in [0.1, 0.15) is 5.54 Å². The van der Waals surface area contributed by atoms with Gasteiger partial charge >= 0.3 is 6.03 Å². The molecule has 0 bridgehead atoms. The fourth-order valence-electron chi connectivity index (χ4n) is 2.57. The number of carbonyl (C=O) groups excluding carboxylic acids is 2. The molecule has 1 fully saturated rings. The van der Waals surface area contributed by atoms with Gasteiger partial charge < -0.3 is 5.32 Å². The highest BCUT2D eigenvalue weighted by Gasteiger charge is 2.52. The van der Waals surface area contributed by atoms with Crippen LogP contribution in [-0.4, -0.2) is 22.1 Å². The highest BCUT2D eigenvalue weighted by atomic mass is 35.5. The van der Waals surface area contributed by atoms with E-state index in [0.717, 1.165) is 4.90 Å². The number of imide groups is 1. The highest BCUT2D eigenvalue weighted by Crippen LogP contribution is 2.34. The van der Waals surface area contributed by atoms with Crippen LogP contribution in [0.4, 0.5) is 10.6 Å². The summed E-state index contributed by atoms with van der Waals surface area (Å²) >= 11 is 5.90. The molecule has 22 heavy (non-hydrogen) atoms. The number of carbonyl (C=O) groups is 2. The van der Waals surface area contributed by atoms with E-state index in [-0.39, 0.29) is 11.7 Å². The first-order valence-corrected chi connectivity index (χ1v) is 7.17. The number of rotatable bonds is 3. The molecule has 0 radical (unpaired) electrons. The Morgan fingerprint density at radius 3 is 2.55 bits per heavy atom. The summed E-state index contributed by atoms with van der Waals surface area (Å²) in [5, 5.41) is 10.9. The van der Waals surface area contributed by atoms with E-state index >= 15 is 0 Å². The molecule has 1 atom stereocenters. The van der Waals surface area contributed by atoms with E-state index in [2.05, 4.69) is 15.5 Å². The van der Waals surface area contributed by atoms with Gasteiger partial charge in [0.05, 0.1) is 0 Å². The minimum Gasteiger partial charge on any atom is -0.319 e. The molecule has 1 aliphatic heterocycles. The number of nitrogens with one attached hydrogen (secondary N) is 1. The third-order valence-electron chi connectivity index (χ3n) is 3.75. The van der Waals surface area contributed by atoms with Crippen molar-refractivity contribution in [1.29, 1.82) is 0 Å². The Kier molecular flexibility index (Phi) is 3.54. The molecule has 1 aliphatic rings. The summed E-state index contributed by atoms with van der Waals surface area (Å²) < 4.78 is 0. The van der Waals surface area contributed by atoms with Crippen molar-refractivity contribution in [2.75, 3.05) is 4.90 Å². The maximum Gasteiger partial charge on any atom is 0.331 e. The van der Waals surface area contributed by atoms with E-state index in [1.165, 1.54) is 6.20 Å². The van der Waals surface area contributed by atoms with Crippen LogP contribution in [0.25, 0.3) is 0 Å². The molecule has 1 saturated heterocycles. The summed E-state index contributed by atoms with van der Waals surface area (Å²) in [5.74, 6) is -0.169. The molecule has 3 rings (SSSR count). The van der Waals surface area contributed by atoms with Crippen molar-refractivity contribution >= 4 is 29.4 Å². The zero-order valence-corrected chi connectivity index (χ0v) is 12.5. The second-order valence-corrected chi connectivity index (χ2v) is 5.35. The molecule has 112 valence electrons. The molecule has 0 saturated carbocycles. The smallest absolute Gasteiger partial charge is 0.319 e. The number of aromatic nitrogens is 2. The second-order valence-electron chi connectivity index (χ2n) is 4.92. The third kappa shape index (κ3) is 2.12. The zero-order valence-electron chi connectivity index (χ0n) is 11.8. The van der Waals surface area contributed by atoms with Gasteiger partial charge in [-0.2, -0.15) is 5.10 Å². The second kappa shape index (κ2) is 5.38. The predicted octanol–water partition coefficient (Wildman–Crippen LogP) is 2.49. The Balaban J connectivity index is 2.06. The molecule has 1 N–H and O–H groups in total. The number of hydrogen-bond donors (Lipinski definition) is 1. The summed E-state index contributed by atoms with van der Waals surface area (Å²) in [7, 11) is 0. The van der Waals surface area contributed by atoms with Gasteiger partial charge in [-0.3, -0.25) is 4.79 Å². The van der Waals surface area contributed by atoms with Crippen LogP contribution in [0.2, 0.25) is 5.02 Å². The molecular formula is C15H13ClN4O2. The van der Waals surface area contributed by atoms with Gasteiger partial charge in [0, 0.05) is 11.2 Å². The van der Waals surface area contributed by atoms with Gasteiger partial charge in [-0.05, 0) is 36.2 Å². The zero-order chi connectivity index (χ0) is 15.7. The summed E-state index contributed by atoms with van der Waals surface area (Å²) in [6.07, 6.45) is 1.89. The molecule has 2 heterocycles. The molecule has 1 aromatic heterocycles. The van der Waals surface area contributed by atoms with E-state index in [1.54, 1.807) is 36.4 Å². The van der Waals surface area contributed by atoms with Crippen LogP contribution in [0.15, 0.2) is 42.6 Å². The summed E-state index contributed by atoms with van der Waals surface area (Å²) in [5.41, 5.74) is -0.428. The van der Waals surface area contributed by atoms with Crippen molar-refractivity contribution in [1.82, 2.24) is 15.5 Å². The number of anilines is 1. The molecule has 0 unspecified atom stereocenters. The van der Waals surface area contributed by atoms with Crippen LogP contribution in [0.3, 0.4) is 0 Å². The molecule has 3 amide bonds. The van der Waals surface area contributed by atoms with Crippen molar-refractivity contribution in [3.63, 3.8) is 0 Å².